The van der Waals surface area contributed by atoms with E-state index in [9.17, 15) is 13.2 Å². The zero-order chi connectivity index (χ0) is 15.6. The molecule has 0 amide bonds. The Kier molecular flexibility index (Phi) is 5.24. The van der Waals surface area contributed by atoms with E-state index in [0.29, 0.717) is 15.4 Å². The monoisotopic (exact) mass is 415 g/mol. The highest BCUT2D eigenvalue weighted by atomic mass is 127. The highest BCUT2D eigenvalue weighted by molar-refractivity contribution is 14.1. The van der Waals surface area contributed by atoms with Crippen molar-refractivity contribution in [3.63, 3.8) is 0 Å². The second kappa shape index (κ2) is 6.60. The second-order valence-electron chi connectivity index (χ2n) is 5.16. The number of ether oxygens (including phenoxy) is 2. The maximum Gasteiger partial charge on any atom is 0.422 e. The maximum absolute atomic E-state index is 12.3. The summed E-state index contributed by atoms with van der Waals surface area (Å²) in [5, 5.41) is 0. The Hall–Kier alpha value is -0.700. The summed E-state index contributed by atoms with van der Waals surface area (Å²) in [6, 6.07) is 4.20. The summed E-state index contributed by atoms with van der Waals surface area (Å²) in [7, 11) is 3.48. The van der Waals surface area contributed by atoms with E-state index in [-0.39, 0.29) is 5.75 Å². The van der Waals surface area contributed by atoms with Crippen LogP contribution in [0.2, 0.25) is 0 Å². The van der Waals surface area contributed by atoms with E-state index >= 15 is 0 Å². The molecule has 7 heteroatoms. The van der Waals surface area contributed by atoms with Gasteiger partial charge in [0.1, 0.15) is 0 Å². The van der Waals surface area contributed by atoms with Gasteiger partial charge in [-0.15, -0.1) is 0 Å². The normalized spacial score (nSPS) is 15.4. The summed E-state index contributed by atoms with van der Waals surface area (Å²) < 4.78 is 47.5. The van der Waals surface area contributed by atoms with Crippen molar-refractivity contribution in [3.8, 4) is 11.5 Å². The van der Waals surface area contributed by atoms with Gasteiger partial charge < -0.3 is 9.47 Å². The van der Waals surface area contributed by atoms with Gasteiger partial charge in [0, 0.05) is 12.6 Å². The minimum Gasteiger partial charge on any atom is -0.493 e. The molecule has 118 valence electrons. The number of hydrogen-bond donors (Lipinski definition) is 0. The van der Waals surface area contributed by atoms with Crippen molar-refractivity contribution in [3.05, 3.63) is 21.3 Å². The van der Waals surface area contributed by atoms with Crippen molar-refractivity contribution in [2.75, 3.05) is 20.8 Å². The van der Waals surface area contributed by atoms with Gasteiger partial charge in [-0.3, -0.25) is 4.90 Å². The van der Waals surface area contributed by atoms with Crippen LogP contribution in [0.15, 0.2) is 12.1 Å². The lowest BCUT2D eigenvalue weighted by atomic mass is 10.2. The van der Waals surface area contributed by atoms with Gasteiger partial charge >= 0.3 is 6.18 Å². The largest absolute Gasteiger partial charge is 0.493 e. The smallest absolute Gasteiger partial charge is 0.422 e. The van der Waals surface area contributed by atoms with Crippen LogP contribution >= 0.6 is 22.6 Å². The lowest BCUT2D eigenvalue weighted by molar-refractivity contribution is -0.153. The summed E-state index contributed by atoms with van der Waals surface area (Å²) >= 11 is 1.98. The lowest BCUT2D eigenvalue weighted by Crippen LogP contribution is -2.21. The van der Waals surface area contributed by atoms with Crippen molar-refractivity contribution >= 4 is 22.6 Å². The van der Waals surface area contributed by atoms with Crippen molar-refractivity contribution in [2.45, 2.75) is 31.6 Å². The summed E-state index contributed by atoms with van der Waals surface area (Å²) in [5.41, 5.74) is 1.00. The molecule has 3 nitrogen and oxygen atoms in total. The molecule has 1 aromatic rings. The van der Waals surface area contributed by atoms with E-state index in [4.69, 9.17) is 9.47 Å². The predicted octanol–water partition coefficient (Wildman–Crippen LogP) is 3.84. The first-order chi connectivity index (χ1) is 9.80. The van der Waals surface area contributed by atoms with Crippen LogP contribution in [0.5, 0.6) is 11.5 Å². The third-order valence-electron chi connectivity index (χ3n) is 3.27. The molecule has 0 atom stereocenters. The molecule has 1 aromatic carbocycles. The summed E-state index contributed by atoms with van der Waals surface area (Å²) in [6.45, 7) is -0.572. The van der Waals surface area contributed by atoms with E-state index in [1.165, 1.54) is 20.0 Å². The Morgan fingerprint density at radius 3 is 2.52 bits per heavy atom. The highest BCUT2D eigenvalue weighted by Crippen LogP contribution is 2.36. The molecular formula is C14H17F3INO2. The third-order valence-corrected chi connectivity index (χ3v) is 4.07. The standard InChI is InChI=1S/C14H17F3INO2/c1-19(10-3-4-10)7-9-5-11(18)13(12(6-9)20-2)21-8-14(15,16)17/h5-6,10H,3-4,7-8H2,1-2H3. The first kappa shape index (κ1) is 16.7. The van der Waals surface area contributed by atoms with Gasteiger partial charge in [0.05, 0.1) is 10.7 Å². The van der Waals surface area contributed by atoms with Crippen molar-refractivity contribution in [1.29, 1.82) is 0 Å². The van der Waals surface area contributed by atoms with Gasteiger partial charge in [-0.25, -0.2) is 0 Å². The fraction of sp³-hybridized carbons (Fsp3) is 0.571. The number of rotatable bonds is 6. The topological polar surface area (TPSA) is 21.7 Å². The molecule has 1 aliphatic rings. The molecule has 0 saturated heterocycles. The number of halogens is 4. The van der Waals surface area contributed by atoms with Crippen LogP contribution in [0.25, 0.3) is 0 Å². The van der Waals surface area contributed by atoms with Crippen LogP contribution < -0.4 is 9.47 Å². The van der Waals surface area contributed by atoms with Crippen LogP contribution in [0.1, 0.15) is 18.4 Å². The van der Waals surface area contributed by atoms with Crippen LogP contribution in [0, 0.1) is 3.57 Å². The summed E-state index contributed by atoms with van der Waals surface area (Å²) in [5.74, 6) is 0.485. The minimum atomic E-state index is -4.36. The molecule has 1 saturated carbocycles. The Morgan fingerprint density at radius 2 is 2.00 bits per heavy atom. The van der Waals surface area contributed by atoms with Crippen LogP contribution in [0.3, 0.4) is 0 Å². The third kappa shape index (κ3) is 4.91. The highest BCUT2D eigenvalue weighted by Gasteiger charge is 2.30. The van der Waals surface area contributed by atoms with Gasteiger partial charge in [0.15, 0.2) is 18.1 Å². The first-order valence-corrected chi connectivity index (χ1v) is 7.64. The van der Waals surface area contributed by atoms with Crippen molar-refractivity contribution < 1.29 is 22.6 Å². The molecule has 1 fully saturated rings. The average molecular weight is 415 g/mol. The van der Waals surface area contributed by atoms with Crippen LogP contribution in [0.4, 0.5) is 13.2 Å². The second-order valence-corrected chi connectivity index (χ2v) is 6.32. The Balaban J connectivity index is 2.14. The fourth-order valence-corrected chi connectivity index (χ4v) is 2.91. The molecule has 0 N–H and O–H groups in total. The van der Waals surface area contributed by atoms with Crippen LogP contribution in [-0.4, -0.2) is 37.9 Å². The number of nitrogens with zero attached hydrogens (tertiary/aromatic N) is 1. The van der Waals surface area contributed by atoms with E-state index in [1.807, 2.05) is 35.7 Å². The summed E-state index contributed by atoms with van der Waals surface area (Å²) in [4.78, 5) is 2.24. The van der Waals surface area contributed by atoms with E-state index < -0.39 is 12.8 Å². The molecule has 0 unspecified atom stereocenters. The quantitative estimate of drug-likeness (QED) is 0.660. The number of alkyl halides is 3. The molecule has 0 radical (unpaired) electrons. The van der Waals surface area contributed by atoms with E-state index in [0.717, 1.165) is 12.1 Å². The van der Waals surface area contributed by atoms with Gasteiger partial charge in [-0.2, -0.15) is 13.2 Å². The number of hydrogen-bond acceptors (Lipinski definition) is 3. The minimum absolute atomic E-state index is 0.147. The Labute approximate surface area is 135 Å². The molecule has 1 aliphatic carbocycles. The molecule has 0 heterocycles. The van der Waals surface area contributed by atoms with E-state index in [1.54, 1.807) is 6.07 Å². The molecular weight excluding hydrogens is 398 g/mol. The average Bonchev–Trinajstić information content (AvgIpc) is 3.19. The van der Waals surface area contributed by atoms with Gasteiger partial charge in [-0.05, 0) is 60.2 Å². The first-order valence-electron chi connectivity index (χ1n) is 6.56. The van der Waals surface area contributed by atoms with Crippen LogP contribution in [-0.2, 0) is 6.54 Å². The molecule has 0 aromatic heterocycles. The zero-order valence-electron chi connectivity index (χ0n) is 11.8. The van der Waals surface area contributed by atoms with Gasteiger partial charge in [-0.1, -0.05) is 0 Å². The molecule has 2 rings (SSSR count). The molecule has 0 bridgehead atoms. The van der Waals surface area contributed by atoms with E-state index in [2.05, 4.69) is 4.90 Å². The molecule has 0 spiro atoms. The van der Waals surface area contributed by atoms with Crippen molar-refractivity contribution in [2.24, 2.45) is 0 Å². The Bertz CT molecular complexity index is 504. The number of methoxy groups -OCH3 is 1. The fourth-order valence-electron chi connectivity index (χ4n) is 2.09. The molecule has 0 aliphatic heterocycles. The lowest BCUT2D eigenvalue weighted by Gasteiger charge is -2.19. The molecule has 21 heavy (non-hydrogen) atoms. The number of benzene rings is 1. The predicted molar refractivity (Wildman–Crippen MR) is 81.8 cm³/mol. The van der Waals surface area contributed by atoms with Gasteiger partial charge in [0.25, 0.3) is 0 Å². The zero-order valence-corrected chi connectivity index (χ0v) is 14.0. The Morgan fingerprint density at radius 1 is 1.33 bits per heavy atom. The van der Waals surface area contributed by atoms with Crippen molar-refractivity contribution in [1.82, 2.24) is 4.90 Å². The summed E-state index contributed by atoms with van der Waals surface area (Å²) in [6.07, 6.45) is -1.95. The van der Waals surface area contributed by atoms with Gasteiger partial charge in [0.2, 0.25) is 0 Å². The maximum atomic E-state index is 12.3. The SMILES string of the molecule is COc1cc(CN(C)C2CC2)cc(I)c1OCC(F)(F)F.